The fourth-order valence-corrected chi connectivity index (χ4v) is 1.30. The Hall–Kier alpha value is -0.610. The summed E-state index contributed by atoms with van der Waals surface area (Å²) in [4.78, 5) is 13.2. The van der Waals surface area contributed by atoms with Crippen molar-refractivity contribution in [1.29, 1.82) is 0 Å². The fourth-order valence-electron chi connectivity index (χ4n) is 1.30. The number of aliphatic hydroxyl groups is 1. The first-order chi connectivity index (χ1) is 7.33. The zero-order chi connectivity index (χ0) is 12.8. The van der Waals surface area contributed by atoms with Crippen LogP contribution in [0.5, 0.6) is 0 Å². The molecule has 1 N–H and O–H groups in total. The van der Waals surface area contributed by atoms with E-state index in [1.165, 1.54) is 0 Å². The quantitative estimate of drug-likeness (QED) is 0.671. The third-order valence-corrected chi connectivity index (χ3v) is 2.89. The maximum Gasteiger partial charge on any atom is 0.320 e. The van der Waals surface area contributed by atoms with Crippen LogP contribution in [0.2, 0.25) is 0 Å². The van der Waals surface area contributed by atoms with Crippen LogP contribution in [0.15, 0.2) is 0 Å². The Morgan fingerprint density at radius 2 is 2.00 bits per heavy atom. The standard InChI is InChI=1S/C12H25NO3/c1-6-13(8-11(14)16-7-2)9-12(5,15)10(3)4/h10,15H,6-9H2,1-5H3. The minimum absolute atomic E-state index is 0.156. The van der Waals surface area contributed by atoms with Crippen molar-refractivity contribution < 1.29 is 14.6 Å². The number of carbonyl (C=O) groups excluding carboxylic acids is 1. The molecule has 0 fully saturated rings. The molecule has 0 aromatic rings. The Labute approximate surface area is 98.6 Å². The molecule has 16 heavy (non-hydrogen) atoms. The van der Waals surface area contributed by atoms with Gasteiger partial charge in [0.15, 0.2) is 0 Å². The summed E-state index contributed by atoms with van der Waals surface area (Å²) in [5.41, 5.74) is -0.775. The largest absolute Gasteiger partial charge is 0.465 e. The highest BCUT2D eigenvalue weighted by molar-refractivity contribution is 5.71. The molecule has 4 heteroatoms. The number of hydrogen-bond donors (Lipinski definition) is 1. The van der Waals surface area contributed by atoms with Gasteiger partial charge in [-0.05, 0) is 26.3 Å². The van der Waals surface area contributed by atoms with Crippen LogP contribution in [0.3, 0.4) is 0 Å². The van der Waals surface area contributed by atoms with Gasteiger partial charge in [-0.3, -0.25) is 9.69 Å². The lowest BCUT2D eigenvalue weighted by Crippen LogP contribution is -2.46. The van der Waals surface area contributed by atoms with E-state index in [1.807, 2.05) is 25.7 Å². The average Bonchev–Trinajstić information content (AvgIpc) is 2.16. The number of hydrogen-bond acceptors (Lipinski definition) is 4. The number of likely N-dealkylation sites (N-methyl/N-ethyl adjacent to an activating group) is 1. The van der Waals surface area contributed by atoms with E-state index in [9.17, 15) is 9.90 Å². The van der Waals surface area contributed by atoms with Crippen LogP contribution in [0.25, 0.3) is 0 Å². The molecule has 0 radical (unpaired) electrons. The Morgan fingerprint density at radius 1 is 1.44 bits per heavy atom. The van der Waals surface area contributed by atoms with Crippen molar-refractivity contribution in [3.8, 4) is 0 Å². The van der Waals surface area contributed by atoms with E-state index in [1.54, 1.807) is 13.8 Å². The minimum Gasteiger partial charge on any atom is -0.465 e. The zero-order valence-corrected chi connectivity index (χ0v) is 11.1. The van der Waals surface area contributed by atoms with Gasteiger partial charge in [-0.15, -0.1) is 0 Å². The molecule has 1 unspecified atom stereocenters. The number of carbonyl (C=O) groups is 1. The van der Waals surface area contributed by atoms with E-state index in [-0.39, 0.29) is 18.4 Å². The normalized spacial score (nSPS) is 15.2. The second-order valence-electron chi connectivity index (χ2n) is 4.62. The van der Waals surface area contributed by atoms with E-state index in [4.69, 9.17) is 4.74 Å². The molecule has 0 bridgehead atoms. The topological polar surface area (TPSA) is 49.8 Å². The lowest BCUT2D eigenvalue weighted by Gasteiger charge is -2.33. The van der Waals surface area contributed by atoms with Crippen LogP contribution in [0, 0.1) is 5.92 Å². The summed E-state index contributed by atoms with van der Waals surface area (Å²) in [5.74, 6) is -0.0762. The van der Waals surface area contributed by atoms with Crippen molar-refractivity contribution in [3.63, 3.8) is 0 Å². The molecule has 0 amide bonds. The Bertz CT molecular complexity index is 214. The maximum absolute atomic E-state index is 11.3. The third kappa shape index (κ3) is 5.47. The van der Waals surface area contributed by atoms with Gasteiger partial charge >= 0.3 is 5.97 Å². The van der Waals surface area contributed by atoms with Gasteiger partial charge in [-0.25, -0.2) is 0 Å². The van der Waals surface area contributed by atoms with E-state index in [0.717, 1.165) is 6.54 Å². The maximum atomic E-state index is 11.3. The summed E-state index contributed by atoms with van der Waals surface area (Å²) in [7, 11) is 0. The first-order valence-corrected chi connectivity index (χ1v) is 5.93. The molecule has 0 saturated heterocycles. The second kappa shape index (κ2) is 6.86. The molecule has 1 atom stereocenters. The summed E-state index contributed by atoms with van der Waals surface area (Å²) >= 11 is 0. The molecule has 0 heterocycles. The molecule has 0 aliphatic rings. The fraction of sp³-hybridized carbons (Fsp3) is 0.917. The highest BCUT2D eigenvalue weighted by Crippen LogP contribution is 2.17. The molecular weight excluding hydrogens is 206 g/mol. The van der Waals surface area contributed by atoms with Crippen LogP contribution >= 0.6 is 0 Å². The Balaban J connectivity index is 4.25. The monoisotopic (exact) mass is 231 g/mol. The van der Waals surface area contributed by atoms with Crippen molar-refractivity contribution in [3.05, 3.63) is 0 Å². The molecule has 0 aromatic heterocycles. The van der Waals surface area contributed by atoms with E-state index in [0.29, 0.717) is 13.2 Å². The van der Waals surface area contributed by atoms with Crippen LogP contribution in [0.4, 0.5) is 0 Å². The molecule has 0 aliphatic carbocycles. The summed E-state index contributed by atoms with van der Waals surface area (Å²) in [5, 5.41) is 10.1. The molecular formula is C12H25NO3. The zero-order valence-electron chi connectivity index (χ0n) is 11.1. The van der Waals surface area contributed by atoms with Crippen molar-refractivity contribution >= 4 is 5.97 Å². The lowest BCUT2D eigenvalue weighted by molar-refractivity contribution is -0.145. The summed E-state index contributed by atoms with van der Waals surface area (Å²) < 4.78 is 4.89. The van der Waals surface area contributed by atoms with Gasteiger partial charge in [0.25, 0.3) is 0 Å². The van der Waals surface area contributed by atoms with E-state index in [2.05, 4.69) is 0 Å². The molecule has 4 nitrogen and oxygen atoms in total. The highest BCUT2D eigenvalue weighted by atomic mass is 16.5. The van der Waals surface area contributed by atoms with Crippen LogP contribution in [0.1, 0.15) is 34.6 Å². The molecule has 0 rings (SSSR count). The van der Waals surface area contributed by atoms with Crippen molar-refractivity contribution in [2.75, 3.05) is 26.2 Å². The summed E-state index contributed by atoms with van der Waals surface area (Å²) in [6.07, 6.45) is 0. The van der Waals surface area contributed by atoms with Gasteiger partial charge in [0, 0.05) is 6.54 Å². The van der Waals surface area contributed by atoms with E-state index >= 15 is 0 Å². The first-order valence-electron chi connectivity index (χ1n) is 5.93. The Morgan fingerprint density at radius 3 is 2.38 bits per heavy atom. The number of esters is 1. The van der Waals surface area contributed by atoms with Crippen molar-refractivity contribution in [2.45, 2.75) is 40.2 Å². The summed E-state index contributed by atoms with van der Waals surface area (Å²) in [6.45, 7) is 11.3. The van der Waals surface area contributed by atoms with Gasteiger partial charge in [0.1, 0.15) is 0 Å². The SMILES string of the molecule is CCOC(=O)CN(CC)CC(C)(O)C(C)C. The number of ether oxygens (including phenoxy) is 1. The van der Waals surface area contributed by atoms with Crippen molar-refractivity contribution in [2.24, 2.45) is 5.92 Å². The van der Waals surface area contributed by atoms with Crippen LogP contribution in [-0.2, 0) is 9.53 Å². The first kappa shape index (κ1) is 15.4. The highest BCUT2D eigenvalue weighted by Gasteiger charge is 2.28. The predicted molar refractivity (Wildman–Crippen MR) is 64.2 cm³/mol. The van der Waals surface area contributed by atoms with Gasteiger partial charge in [0.05, 0.1) is 18.8 Å². The third-order valence-electron chi connectivity index (χ3n) is 2.89. The number of rotatable bonds is 7. The molecule has 0 saturated carbocycles. The molecule has 0 aliphatic heterocycles. The van der Waals surface area contributed by atoms with Crippen LogP contribution in [-0.4, -0.2) is 47.8 Å². The van der Waals surface area contributed by atoms with E-state index < -0.39 is 5.60 Å². The van der Waals surface area contributed by atoms with Gasteiger partial charge in [-0.2, -0.15) is 0 Å². The van der Waals surface area contributed by atoms with Gasteiger partial charge in [-0.1, -0.05) is 20.8 Å². The van der Waals surface area contributed by atoms with Crippen LogP contribution < -0.4 is 0 Å². The molecule has 0 aromatic carbocycles. The van der Waals surface area contributed by atoms with Gasteiger partial charge in [0.2, 0.25) is 0 Å². The van der Waals surface area contributed by atoms with Crippen molar-refractivity contribution in [1.82, 2.24) is 4.90 Å². The Kier molecular flexibility index (Phi) is 6.60. The smallest absolute Gasteiger partial charge is 0.320 e. The second-order valence-corrected chi connectivity index (χ2v) is 4.62. The number of nitrogens with zero attached hydrogens (tertiary/aromatic N) is 1. The minimum atomic E-state index is -0.775. The lowest BCUT2D eigenvalue weighted by atomic mass is 9.92. The molecule has 0 spiro atoms. The molecule has 96 valence electrons. The predicted octanol–water partition coefficient (Wildman–Crippen LogP) is 1.28. The van der Waals surface area contributed by atoms with Gasteiger partial charge < -0.3 is 9.84 Å². The summed E-state index contributed by atoms with van der Waals surface area (Å²) in [6, 6.07) is 0. The average molecular weight is 231 g/mol.